The van der Waals surface area contributed by atoms with Crippen LogP contribution in [0.1, 0.15) is 16.7 Å². The number of aromatic nitrogens is 2. The van der Waals surface area contributed by atoms with E-state index in [2.05, 4.69) is 0 Å². The van der Waals surface area contributed by atoms with Crippen molar-refractivity contribution >= 4 is 5.97 Å². The molecule has 1 unspecified atom stereocenters. The smallest absolute Gasteiger partial charge is 0.352 e. The Kier molecular flexibility index (Phi) is 4.23. The number of hydrogen-bond acceptors (Lipinski definition) is 7. The van der Waals surface area contributed by atoms with E-state index in [0.29, 0.717) is 10.6 Å². The molecule has 1 saturated heterocycles. The summed E-state index contributed by atoms with van der Waals surface area (Å²) >= 11 is 0. The molecule has 10 heteroatoms. The number of carboxylic acid groups (broad SMARTS) is 1. The highest BCUT2D eigenvalue weighted by Crippen LogP contribution is 2.29. The summed E-state index contributed by atoms with van der Waals surface area (Å²) in [6, 6.07) is 0.690. The van der Waals surface area contributed by atoms with Crippen LogP contribution in [0.15, 0.2) is 15.7 Å². The van der Waals surface area contributed by atoms with Gasteiger partial charge in [0.1, 0.15) is 24.0 Å². The zero-order valence-electron chi connectivity index (χ0n) is 10.9. The minimum absolute atomic E-state index is 0.0603. The van der Waals surface area contributed by atoms with Gasteiger partial charge in [-0.3, -0.25) is 14.3 Å². The SMILES string of the molecule is COC[C@H]1O[C@@H](n2c(C(=O)O)cc(=O)[nH]c2=O)C(O)[C@H]1O. The first-order valence-corrected chi connectivity index (χ1v) is 5.96. The van der Waals surface area contributed by atoms with Crippen LogP contribution in [0.4, 0.5) is 0 Å². The summed E-state index contributed by atoms with van der Waals surface area (Å²) in [5, 5.41) is 28.8. The maximum atomic E-state index is 11.8. The number of rotatable bonds is 4. The van der Waals surface area contributed by atoms with Gasteiger partial charge < -0.3 is 24.8 Å². The fraction of sp³-hybridized carbons (Fsp3) is 0.545. The first-order chi connectivity index (χ1) is 9.86. The number of carboxylic acids is 1. The monoisotopic (exact) mass is 302 g/mol. The summed E-state index contributed by atoms with van der Waals surface area (Å²) in [7, 11) is 1.35. The Labute approximate surface area is 117 Å². The lowest BCUT2D eigenvalue weighted by Crippen LogP contribution is -2.40. The number of hydrogen-bond donors (Lipinski definition) is 4. The normalized spacial score (nSPS) is 28.7. The molecule has 0 aliphatic carbocycles. The van der Waals surface area contributed by atoms with Crippen LogP contribution in [0.5, 0.6) is 0 Å². The van der Waals surface area contributed by atoms with Crippen molar-refractivity contribution in [2.75, 3.05) is 13.7 Å². The molecule has 0 radical (unpaired) electrons. The second kappa shape index (κ2) is 5.77. The number of aliphatic hydroxyl groups is 2. The quantitative estimate of drug-likeness (QED) is 0.476. The van der Waals surface area contributed by atoms with Crippen LogP contribution >= 0.6 is 0 Å². The van der Waals surface area contributed by atoms with E-state index in [0.717, 1.165) is 0 Å². The van der Waals surface area contributed by atoms with E-state index in [1.54, 1.807) is 0 Å². The summed E-state index contributed by atoms with van der Waals surface area (Å²) in [6.07, 6.45) is -5.30. The number of methoxy groups -OCH3 is 1. The molecule has 21 heavy (non-hydrogen) atoms. The fourth-order valence-corrected chi connectivity index (χ4v) is 2.17. The van der Waals surface area contributed by atoms with E-state index < -0.39 is 47.5 Å². The number of nitrogens with zero attached hydrogens (tertiary/aromatic N) is 1. The second-order valence-corrected chi connectivity index (χ2v) is 4.50. The van der Waals surface area contributed by atoms with Crippen molar-refractivity contribution in [1.29, 1.82) is 0 Å². The van der Waals surface area contributed by atoms with Crippen molar-refractivity contribution in [3.63, 3.8) is 0 Å². The van der Waals surface area contributed by atoms with Crippen molar-refractivity contribution in [2.45, 2.75) is 24.5 Å². The molecular formula is C11H14N2O8. The molecule has 1 fully saturated rings. The number of ether oxygens (including phenoxy) is 2. The zero-order chi connectivity index (χ0) is 15.7. The topological polar surface area (TPSA) is 151 Å². The van der Waals surface area contributed by atoms with Crippen LogP contribution in [-0.2, 0) is 9.47 Å². The molecule has 1 aliphatic heterocycles. The molecule has 0 aromatic carbocycles. The molecule has 10 nitrogen and oxygen atoms in total. The molecule has 4 atom stereocenters. The average Bonchev–Trinajstić information content (AvgIpc) is 2.67. The Morgan fingerprint density at radius 3 is 2.67 bits per heavy atom. The van der Waals surface area contributed by atoms with Gasteiger partial charge in [0.05, 0.1) is 6.61 Å². The highest BCUT2D eigenvalue weighted by Gasteiger charge is 2.45. The van der Waals surface area contributed by atoms with Gasteiger partial charge in [-0.1, -0.05) is 0 Å². The third-order valence-electron chi connectivity index (χ3n) is 3.12. The number of aromatic carboxylic acids is 1. The molecular weight excluding hydrogens is 288 g/mol. The first kappa shape index (κ1) is 15.4. The summed E-state index contributed by atoms with van der Waals surface area (Å²) in [5.74, 6) is -1.54. The third kappa shape index (κ3) is 2.74. The minimum Gasteiger partial charge on any atom is -0.477 e. The van der Waals surface area contributed by atoms with Gasteiger partial charge in [0.25, 0.3) is 5.56 Å². The molecule has 1 aliphatic rings. The van der Waals surface area contributed by atoms with E-state index in [1.807, 2.05) is 4.98 Å². The summed E-state index contributed by atoms with van der Waals surface area (Å²) in [4.78, 5) is 36.0. The Morgan fingerprint density at radius 1 is 1.43 bits per heavy atom. The summed E-state index contributed by atoms with van der Waals surface area (Å²) < 4.78 is 10.7. The van der Waals surface area contributed by atoms with Gasteiger partial charge >= 0.3 is 11.7 Å². The first-order valence-electron chi connectivity index (χ1n) is 5.96. The van der Waals surface area contributed by atoms with E-state index in [-0.39, 0.29) is 6.61 Å². The van der Waals surface area contributed by atoms with Crippen LogP contribution in [-0.4, -0.2) is 62.9 Å². The maximum absolute atomic E-state index is 11.8. The Hall–Kier alpha value is -2.01. The summed E-state index contributed by atoms with van der Waals surface area (Å²) in [5.41, 5.74) is -2.61. The molecule has 0 bridgehead atoms. The van der Waals surface area contributed by atoms with Crippen molar-refractivity contribution in [3.8, 4) is 0 Å². The van der Waals surface area contributed by atoms with Gasteiger partial charge in [0.2, 0.25) is 0 Å². The predicted octanol–water partition coefficient (Wildman–Crippen LogP) is -2.50. The zero-order valence-corrected chi connectivity index (χ0v) is 10.9. The molecule has 0 spiro atoms. The minimum atomic E-state index is -1.55. The largest absolute Gasteiger partial charge is 0.477 e. The molecule has 0 saturated carbocycles. The van der Waals surface area contributed by atoms with Gasteiger partial charge in [-0.2, -0.15) is 0 Å². The number of nitrogens with one attached hydrogen (secondary N) is 1. The summed E-state index contributed by atoms with van der Waals surface area (Å²) in [6.45, 7) is -0.0603. The van der Waals surface area contributed by atoms with Crippen LogP contribution < -0.4 is 11.2 Å². The Morgan fingerprint density at radius 2 is 2.10 bits per heavy atom. The van der Waals surface area contributed by atoms with Crippen LogP contribution in [0, 0.1) is 0 Å². The number of H-pyrrole nitrogens is 1. The molecule has 4 N–H and O–H groups in total. The number of aromatic amines is 1. The van der Waals surface area contributed by atoms with Crippen LogP contribution in [0.2, 0.25) is 0 Å². The van der Waals surface area contributed by atoms with Gasteiger partial charge in [0.15, 0.2) is 6.23 Å². The molecule has 2 heterocycles. The third-order valence-corrected chi connectivity index (χ3v) is 3.12. The van der Waals surface area contributed by atoms with Crippen molar-refractivity contribution in [1.82, 2.24) is 9.55 Å². The van der Waals surface area contributed by atoms with Crippen LogP contribution in [0.3, 0.4) is 0 Å². The molecule has 1 aromatic heterocycles. The highest BCUT2D eigenvalue weighted by atomic mass is 16.6. The Bertz CT molecular complexity index is 650. The molecule has 116 valence electrons. The van der Waals surface area contributed by atoms with Crippen molar-refractivity contribution < 1.29 is 29.6 Å². The van der Waals surface area contributed by atoms with Gasteiger partial charge in [0, 0.05) is 13.2 Å². The van der Waals surface area contributed by atoms with Crippen molar-refractivity contribution in [2.24, 2.45) is 0 Å². The van der Waals surface area contributed by atoms with E-state index in [9.17, 15) is 24.6 Å². The molecule has 0 amide bonds. The van der Waals surface area contributed by atoms with E-state index in [4.69, 9.17) is 14.6 Å². The lowest BCUT2D eigenvalue weighted by atomic mass is 10.1. The standard InChI is InChI=1S/C11H14N2O8/c1-20-3-5-7(15)8(16)9(21-5)13-4(10(17)18)2-6(14)12-11(13)19/h2,5,7-9,15-16H,3H2,1H3,(H,17,18)(H,12,14,19)/t5-,7+,8?,9-/m1/s1. The van der Waals surface area contributed by atoms with Gasteiger partial charge in [-0.25, -0.2) is 9.59 Å². The lowest BCUT2D eigenvalue weighted by Gasteiger charge is -2.19. The highest BCUT2D eigenvalue weighted by molar-refractivity contribution is 5.85. The maximum Gasteiger partial charge on any atom is 0.352 e. The Balaban J connectivity index is 2.50. The van der Waals surface area contributed by atoms with E-state index >= 15 is 0 Å². The second-order valence-electron chi connectivity index (χ2n) is 4.50. The average molecular weight is 302 g/mol. The van der Waals surface area contributed by atoms with Crippen LogP contribution in [0.25, 0.3) is 0 Å². The fourth-order valence-electron chi connectivity index (χ4n) is 2.17. The molecule has 2 rings (SSSR count). The van der Waals surface area contributed by atoms with Gasteiger partial charge in [-0.05, 0) is 0 Å². The number of carbonyl (C=O) groups is 1. The van der Waals surface area contributed by atoms with E-state index in [1.165, 1.54) is 7.11 Å². The predicted molar refractivity (Wildman–Crippen MR) is 66.1 cm³/mol. The number of aliphatic hydroxyl groups excluding tert-OH is 2. The van der Waals surface area contributed by atoms with Crippen molar-refractivity contribution in [3.05, 3.63) is 32.6 Å². The molecule has 1 aromatic rings. The van der Waals surface area contributed by atoms with Gasteiger partial charge in [-0.15, -0.1) is 0 Å². The lowest BCUT2D eigenvalue weighted by molar-refractivity contribution is -0.0625.